The van der Waals surface area contributed by atoms with Crippen LogP contribution in [-0.4, -0.2) is 17.0 Å². The van der Waals surface area contributed by atoms with Crippen LogP contribution in [0, 0.1) is 0 Å². The molecule has 0 aliphatic heterocycles. The average Bonchev–Trinajstić information content (AvgIpc) is 2.38. The lowest BCUT2D eigenvalue weighted by Gasteiger charge is -2.03. The summed E-state index contributed by atoms with van der Waals surface area (Å²) in [6.45, 7) is 0. The van der Waals surface area contributed by atoms with Crippen LogP contribution in [0.5, 0.6) is 0 Å². The average molecular weight is 228 g/mol. The van der Waals surface area contributed by atoms with Gasteiger partial charge in [0.25, 0.3) is 0 Å². The summed E-state index contributed by atoms with van der Waals surface area (Å²) >= 11 is 0. The van der Waals surface area contributed by atoms with Gasteiger partial charge in [0.2, 0.25) is 0 Å². The number of anilines is 2. The monoisotopic (exact) mass is 228 g/mol. The molecule has 3 N–H and O–H groups in total. The lowest BCUT2D eigenvalue weighted by Crippen LogP contribution is -1.98. The van der Waals surface area contributed by atoms with Crippen molar-refractivity contribution >= 4 is 23.0 Å². The van der Waals surface area contributed by atoms with Crippen molar-refractivity contribution in [1.29, 1.82) is 0 Å². The molecule has 0 saturated carbocycles. The molecule has 0 aliphatic carbocycles. The van der Waals surface area contributed by atoms with Crippen molar-refractivity contribution < 1.29 is 0 Å². The summed E-state index contributed by atoms with van der Waals surface area (Å²) in [5.74, 6) is 0.848. The number of hydrogen-bond acceptors (Lipinski definition) is 6. The van der Waals surface area contributed by atoms with Gasteiger partial charge in [0.15, 0.2) is 17.3 Å². The molecule has 0 saturated heterocycles. The Hall–Kier alpha value is -2.50. The summed E-state index contributed by atoms with van der Waals surface area (Å²) in [6, 6.07) is 9.39. The number of rotatable bonds is 3. The van der Waals surface area contributed by atoms with E-state index < -0.39 is 0 Å². The van der Waals surface area contributed by atoms with Gasteiger partial charge in [-0.3, -0.25) is 0 Å². The van der Waals surface area contributed by atoms with Gasteiger partial charge in [-0.1, -0.05) is 18.2 Å². The van der Waals surface area contributed by atoms with Gasteiger partial charge in [-0.2, -0.15) is 5.11 Å². The van der Waals surface area contributed by atoms with Gasteiger partial charge in [-0.25, -0.2) is 9.97 Å². The van der Waals surface area contributed by atoms with E-state index in [1.165, 1.54) is 6.33 Å². The van der Waals surface area contributed by atoms with E-state index in [-0.39, 0.29) is 0 Å². The highest BCUT2D eigenvalue weighted by Gasteiger charge is 2.06. The SMILES string of the molecule is CNc1ncnc(N)c1N=Nc1ccccc1. The Morgan fingerprint density at radius 3 is 2.59 bits per heavy atom. The maximum atomic E-state index is 5.72. The predicted octanol–water partition coefficient (Wildman–Crippen LogP) is 2.52. The van der Waals surface area contributed by atoms with E-state index in [1.54, 1.807) is 7.05 Å². The molecule has 0 fully saturated rings. The molecule has 2 aromatic rings. The Morgan fingerprint density at radius 1 is 1.12 bits per heavy atom. The van der Waals surface area contributed by atoms with Crippen LogP contribution in [0.25, 0.3) is 0 Å². The maximum Gasteiger partial charge on any atom is 0.170 e. The molecule has 0 atom stereocenters. The van der Waals surface area contributed by atoms with Crippen molar-refractivity contribution in [1.82, 2.24) is 9.97 Å². The fourth-order valence-corrected chi connectivity index (χ4v) is 1.28. The number of nitrogens with one attached hydrogen (secondary N) is 1. The molecule has 6 heteroatoms. The summed E-state index contributed by atoms with van der Waals surface area (Å²) in [5.41, 5.74) is 6.91. The molecule has 0 bridgehead atoms. The Balaban J connectivity index is 2.33. The van der Waals surface area contributed by atoms with E-state index in [2.05, 4.69) is 25.5 Å². The highest BCUT2D eigenvalue weighted by atomic mass is 15.2. The second-order valence-electron chi connectivity index (χ2n) is 3.24. The summed E-state index contributed by atoms with van der Waals surface area (Å²) in [4.78, 5) is 7.89. The molecule has 0 amide bonds. The molecule has 1 aromatic carbocycles. The van der Waals surface area contributed by atoms with Gasteiger partial charge in [0.1, 0.15) is 6.33 Å². The number of azo groups is 1. The standard InChI is InChI=1S/C11H12N6/c1-13-11-9(10(12)14-7-15-11)17-16-8-5-3-2-4-6-8/h2-7H,1H3,(H3,12,13,14,15). The van der Waals surface area contributed by atoms with Crippen LogP contribution in [0.1, 0.15) is 0 Å². The minimum absolute atomic E-state index is 0.295. The Morgan fingerprint density at radius 2 is 1.88 bits per heavy atom. The molecule has 0 spiro atoms. The Bertz CT molecular complexity index is 523. The van der Waals surface area contributed by atoms with Gasteiger partial charge >= 0.3 is 0 Å². The van der Waals surface area contributed by atoms with E-state index >= 15 is 0 Å². The fourth-order valence-electron chi connectivity index (χ4n) is 1.28. The van der Waals surface area contributed by atoms with Gasteiger partial charge in [0, 0.05) is 7.05 Å². The third kappa shape index (κ3) is 2.54. The van der Waals surface area contributed by atoms with Crippen molar-refractivity contribution in [2.24, 2.45) is 10.2 Å². The number of nitrogens with two attached hydrogens (primary N) is 1. The first-order chi connectivity index (χ1) is 8.31. The third-order valence-electron chi connectivity index (χ3n) is 2.11. The van der Waals surface area contributed by atoms with Crippen LogP contribution in [0.4, 0.5) is 23.0 Å². The van der Waals surface area contributed by atoms with Gasteiger partial charge < -0.3 is 11.1 Å². The first kappa shape index (κ1) is 11.0. The quantitative estimate of drug-likeness (QED) is 0.790. The minimum atomic E-state index is 0.295. The van der Waals surface area contributed by atoms with Crippen LogP contribution in [0.15, 0.2) is 46.9 Å². The highest BCUT2D eigenvalue weighted by Crippen LogP contribution is 2.28. The zero-order valence-electron chi connectivity index (χ0n) is 9.33. The molecule has 1 aromatic heterocycles. The van der Waals surface area contributed by atoms with Crippen molar-refractivity contribution in [3.8, 4) is 0 Å². The van der Waals surface area contributed by atoms with Gasteiger partial charge in [0.05, 0.1) is 5.69 Å². The molecule has 17 heavy (non-hydrogen) atoms. The van der Waals surface area contributed by atoms with E-state index in [1.807, 2.05) is 30.3 Å². The summed E-state index contributed by atoms with van der Waals surface area (Å²) in [7, 11) is 1.74. The van der Waals surface area contributed by atoms with Crippen molar-refractivity contribution in [2.75, 3.05) is 18.1 Å². The molecule has 2 rings (SSSR count). The van der Waals surface area contributed by atoms with E-state index in [0.29, 0.717) is 17.3 Å². The molecular weight excluding hydrogens is 216 g/mol. The lowest BCUT2D eigenvalue weighted by molar-refractivity contribution is 1.12. The zero-order chi connectivity index (χ0) is 12.1. The minimum Gasteiger partial charge on any atom is -0.382 e. The van der Waals surface area contributed by atoms with Crippen LogP contribution in [0.3, 0.4) is 0 Å². The van der Waals surface area contributed by atoms with E-state index in [0.717, 1.165) is 5.69 Å². The molecule has 0 aliphatic rings. The number of nitrogen functional groups attached to an aromatic ring is 1. The Kier molecular flexibility index (Phi) is 3.25. The van der Waals surface area contributed by atoms with Crippen molar-refractivity contribution in [2.45, 2.75) is 0 Å². The first-order valence-electron chi connectivity index (χ1n) is 5.06. The molecule has 1 heterocycles. The molecular formula is C11H12N6. The zero-order valence-corrected chi connectivity index (χ0v) is 9.33. The van der Waals surface area contributed by atoms with Crippen molar-refractivity contribution in [3.05, 3.63) is 36.7 Å². The third-order valence-corrected chi connectivity index (χ3v) is 2.11. The number of nitrogens with zero attached hydrogens (tertiary/aromatic N) is 4. The number of aromatic nitrogens is 2. The Labute approximate surface area is 98.6 Å². The lowest BCUT2D eigenvalue weighted by atomic mass is 10.3. The summed E-state index contributed by atoms with van der Waals surface area (Å²) < 4.78 is 0. The molecule has 0 radical (unpaired) electrons. The second kappa shape index (κ2) is 5.02. The topological polar surface area (TPSA) is 88.5 Å². The predicted molar refractivity (Wildman–Crippen MR) is 66.6 cm³/mol. The number of hydrogen-bond donors (Lipinski definition) is 2. The fraction of sp³-hybridized carbons (Fsp3) is 0.0909. The normalized spacial score (nSPS) is 10.6. The second-order valence-corrected chi connectivity index (χ2v) is 3.24. The molecule has 0 unspecified atom stereocenters. The van der Waals surface area contributed by atoms with Gasteiger partial charge in [-0.15, -0.1) is 5.11 Å². The number of benzene rings is 1. The smallest absolute Gasteiger partial charge is 0.170 e. The van der Waals surface area contributed by atoms with Crippen LogP contribution >= 0.6 is 0 Å². The van der Waals surface area contributed by atoms with E-state index in [4.69, 9.17) is 5.73 Å². The summed E-state index contributed by atoms with van der Waals surface area (Å²) in [5, 5.41) is 11.0. The molecule has 86 valence electrons. The van der Waals surface area contributed by atoms with E-state index in [9.17, 15) is 0 Å². The van der Waals surface area contributed by atoms with Gasteiger partial charge in [-0.05, 0) is 12.1 Å². The molecule has 6 nitrogen and oxygen atoms in total. The highest BCUT2D eigenvalue weighted by molar-refractivity contribution is 5.71. The van der Waals surface area contributed by atoms with Crippen LogP contribution in [-0.2, 0) is 0 Å². The van der Waals surface area contributed by atoms with Crippen molar-refractivity contribution in [3.63, 3.8) is 0 Å². The largest absolute Gasteiger partial charge is 0.382 e. The van der Waals surface area contributed by atoms with Crippen LogP contribution < -0.4 is 11.1 Å². The maximum absolute atomic E-state index is 5.72. The van der Waals surface area contributed by atoms with Crippen LogP contribution in [0.2, 0.25) is 0 Å². The first-order valence-corrected chi connectivity index (χ1v) is 5.06. The summed E-state index contributed by atoms with van der Waals surface area (Å²) in [6.07, 6.45) is 1.38.